The molecule has 1 amide bonds. The summed E-state index contributed by atoms with van der Waals surface area (Å²) in [4.78, 5) is 16.6. The lowest BCUT2D eigenvalue weighted by Gasteiger charge is -2.02. The highest BCUT2D eigenvalue weighted by Gasteiger charge is 2.02. The van der Waals surface area contributed by atoms with E-state index in [1.807, 2.05) is 13.1 Å². The van der Waals surface area contributed by atoms with Crippen molar-refractivity contribution in [3.8, 4) is 0 Å². The van der Waals surface area contributed by atoms with Crippen molar-refractivity contribution < 1.29 is 4.79 Å². The summed E-state index contributed by atoms with van der Waals surface area (Å²) in [5, 5.41) is 3.93. The third kappa shape index (κ3) is 5.18. The number of nitrogens with zero attached hydrogens (tertiary/aromatic N) is 1. The first-order valence-electron chi connectivity index (χ1n) is 4.98. The minimum absolute atomic E-state index is 0.127. The summed E-state index contributed by atoms with van der Waals surface area (Å²) in [6, 6.07) is 0. The Morgan fingerprint density at radius 1 is 1.67 bits per heavy atom. The van der Waals surface area contributed by atoms with Gasteiger partial charge in [0.15, 0.2) is 0 Å². The van der Waals surface area contributed by atoms with Gasteiger partial charge in [-0.3, -0.25) is 4.79 Å². The third-order valence-corrected chi connectivity index (χ3v) is 3.62. The number of aryl methyl sites for hydroxylation is 1. The molecule has 84 valence electrons. The summed E-state index contributed by atoms with van der Waals surface area (Å²) in [6.45, 7) is 4.68. The number of nitrogens with one attached hydrogen (secondary N) is 1. The first kappa shape index (κ1) is 12.5. The Morgan fingerprint density at radius 2 is 2.47 bits per heavy atom. The lowest BCUT2D eigenvalue weighted by atomic mass is 10.4. The molecule has 1 aromatic rings. The van der Waals surface area contributed by atoms with Crippen LogP contribution < -0.4 is 5.32 Å². The molecular formula is C10H16N2OS2. The molecule has 15 heavy (non-hydrogen) atoms. The number of hydrogen-bond acceptors (Lipinski definition) is 4. The zero-order valence-electron chi connectivity index (χ0n) is 9.08. The van der Waals surface area contributed by atoms with Crippen molar-refractivity contribution in [3.05, 3.63) is 16.1 Å². The van der Waals surface area contributed by atoms with Crippen molar-refractivity contribution in [2.24, 2.45) is 0 Å². The van der Waals surface area contributed by atoms with Crippen molar-refractivity contribution in [2.45, 2.75) is 26.8 Å². The molecule has 0 aliphatic carbocycles. The van der Waals surface area contributed by atoms with E-state index < -0.39 is 0 Å². The molecule has 0 spiro atoms. The fraction of sp³-hybridized carbons (Fsp3) is 0.600. The first-order valence-corrected chi connectivity index (χ1v) is 6.95. The zero-order chi connectivity index (χ0) is 11.1. The van der Waals surface area contributed by atoms with Gasteiger partial charge in [0.25, 0.3) is 0 Å². The minimum atomic E-state index is 0.127. The van der Waals surface area contributed by atoms with Crippen LogP contribution in [0, 0.1) is 6.92 Å². The summed E-state index contributed by atoms with van der Waals surface area (Å²) in [7, 11) is 0. The quantitative estimate of drug-likeness (QED) is 0.780. The van der Waals surface area contributed by atoms with E-state index in [0.717, 1.165) is 21.4 Å². The topological polar surface area (TPSA) is 42.0 Å². The highest BCUT2D eigenvalue weighted by molar-refractivity contribution is 7.99. The molecule has 1 aromatic heterocycles. The molecule has 1 heterocycles. The summed E-state index contributed by atoms with van der Waals surface area (Å²) < 4.78 is 0. The van der Waals surface area contributed by atoms with Crippen molar-refractivity contribution in [1.82, 2.24) is 10.3 Å². The van der Waals surface area contributed by atoms with Gasteiger partial charge < -0.3 is 5.32 Å². The molecule has 0 atom stereocenters. The molecule has 0 bridgehead atoms. The fourth-order valence-electron chi connectivity index (χ4n) is 1.07. The molecule has 0 fully saturated rings. The minimum Gasteiger partial charge on any atom is -0.351 e. The number of aromatic nitrogens is 1. The van der Waals surface area contributed by atoms with Crippen LogP contribution >= 0.6 is 23.1 Å². The van der Waals surface area contributed by atoms with Crippen LogP contribution in [0.4, 0.5) is 0 Å². The van der Waals surface area contributed by atoms with Crippen LogP contribution in [-0.4, -0.2) is 22.4 Å². The second-order valence-corrected chi connectivity index (χ2v) is 5.78. The SMILES string of the molecule is CCSCCC(=O)NCc1cnc(C)s1. The van der Waals surface area contributed by atoms with E-state index in [9.17, 15) is 4.79 Å². The number of thioether (sulfide) groups is 1. The molecule has 1 N–H and O–H groups in total. The molecular weight excluding hydrogens is 228 g/mol. The van der Waals surface area contributed by atoms with E-state index in [-0.39, 0.29) is 5.91 Å². The average molecular weight is 244 g/mol. The summed E-state index contributed by atoms with van der Waals surface area (Å²) in [5.41, 5.74) is 0. The fourth-order valence-corrected chi connectivity index (χ4v) is 2.42. The van der Waals surface area contributed by atoms with Gasteiger partial charge in [0.05, 0.1) is 11.6 Å². The van der Waals surface area contributed by atoms with Gasteiger partial charge >= 0.3 is 0 Å². The molecule has 0 radical (unpaired) electrons. The van der Waals surface area contributed by atoms with Crippen molar-refractivity contribution in [2.75, 3.05) is 11.5 Å². The molecule has 0 aromatic carbocycles. The predicted molar refractivity (Wildman–Crippen MR) is 66.3 cm³/mol. The van der Waals surface area contributed by atoms with Crippen molar-refractivity contribution in [3.63, 3.8) is 0 Å². The monoisotopic (exact) mass is 244 g/mol. The van der Waals surface area contributed by atoms with E-state index in [1.165, 1.54) is 0 Å². The van der Waals surface area contributed by atoms with Gasteiger partial charge in [-0.15, -0.1) is 11.3 Å². The van der Waals surface area contributed by atoms with E-state index in [2.05, 4.69) is 17.2 Å². The molecule has 3 nitrogen and oxygen atoms in total. The standard InChI is InChI=1S/C10H16N2OS2/c1-3-14-5-4-10(13)12-7-9-6-11-8(2)15-9/h6H,3-5,7H2,1-2H3,(H,12,13). The molecule has 0 aliphatic rings. The summed E-state index contributed by atoms with van der Waals surface area (Å²) in [5.74, 6) is 2.10. The Balaban J connectivity index is 2.16. The number of thiazole rings is 1. The second-order valence-electron chi connectivity index (χ2n) is 3.07. The Bertz CT molecular complexity index is 312. The van der Waals surface area contributed by atoms with E-state index in [4.69, 9.17) is 0 Å². The molecule has 5 heteroatoms. The van der Waals surface area contributed by atoms with Crippen LogP contribution in [0.25, 0.3) is 0 Å². The zero-order valence-corrected chi connectivity index (χ0v) is 10.7. The maximum Gasteiger partial charge on any atom is 0.221 e. The van der Waals surface area contributed by atoms with Gasteiger partial charge in [-0.05, 0) is 12.7 Å². The van der Waals surface area contributed by atoms with Gasteiger partial charge in [-0.2, -0.15) is 11.8 Å². The Hall–Kier alpha value is -0.550. The lowest BCUT2D eigenvalue weighted by Crippen LogP contribution is -2.22. The average Bonchev–Trinajstić information content (AvgIpc) is 2.62. The van der Waals surface area contributed by atoms with Crippen molar-refractivity contribution >= 4 is 29.0 Å². The van der Waals surface area contributed by atoms with Gasteiger partial charge in [0.1, 0.15) is 0 Å². The van der Waals surface area contributed by atoms with Crippen LogP contribution in [0.5, 0.6) is 0 Å². The molecule has 0 saturated carbocycles. The van der Waals surface area contributed by atoms with Crippen molar-refractivity contribution in [1.29, 1.82) is 0 Å². The lowest BCUT2D eigenvalue weighted by molar-refractivity contribution is -0.120. The molecule has 0 aliphatic heterocycles. The van der Waals surface area contributed by atoms with Crippen LogP contribution in [-0.2, 0) is 11.3 Å². The number of carbonyl (C=O) groups excluding carboxylic acids is 1. The van der Waals surface area contributed by atoms with E-state index >= 15 is 0 Å². The third-order valence-electron chi connectivity index (χ3n) is 1.81. The largest absolute Gasteiger partial charge is 0.351 e. The molecule has 0 saturated heterocycles. The van der Waals surface area contributed by atoms with E-state index in [1.54, 1.807) is 23.1 Å². The highest BCUT2D eigenvalue weighted by Crippen LogP contribution is 2.10. The van der Waals surface area contributed by atoms with Crippen LogP contribution in [0.15, 0.2) is 6.20 Å². The molecule has 1 rings (SSSR count). The van der Waals surface area contributed by atoms with Crippen LogP contribution in [0.3, 0.4) is 0 Å². The highest BCUT2D eigenvalue weighted by atomic mass is 32.2. The summed E-state index contributed by atoms with van der Waals surface area (Å²) in [6.07, 6.45) is 2.43. The van der Waals surface area contributed by atoms with E-state index in [0.29, 0.717) is 13.0 Å². The maximum atomic E-state index is 11.4. The summed E-state index contributed by atoms with van der Waals surface area (Å²) >= 11 is 3.42. The van der Waals surface area contributed by atoms with Crippen LogP contribution in [0.1, 0.15) is 23.2 Å². The second kappa shape index (κ2) is 6.85. The van der Waals surface area contributed by atoms with Gasteiger partial charge in [-0.25, -0.2) is 4.98 Å². The Morgan fingerprint density at radius 3 is 3.07 bits per heavy atom. The first-order chi connectivity index (χ1) is 7.22. The Labute approximate surface area is 98.7 Å². The normalized spacial score (nSPS) is 10.3. The number of carbonyl (C=O) groups is 1. The number of hydrogen-bond donors (Lipinski definition) is 1. The van der Waals surface area contributed by atoms with Gasteiger partial charge in [-0.1, -0.05) is 6.92 Å². The van der Waals surface area contributed by atoms with Gasteiger partial charge in [0, 0.05) is 23.2 Å². The number of rotatable bonds is 6. The smallest absolute Gasteiger partial charge is 0.221 e. The van der Waals surface area contributed by atoms with Gasteiger partial charge in [0.2, 0.25) is 5.91 Å². The Kier molecular flexibility index (Phi) is 5.71. The van der Waals surface area contributed by atoms with Crippen LogP contribution in [0.2, 0.25) is 0 Å². The predicted octanol–water partition coefficient (Wildman–Crippen LogP) is 2.21. The maximum absolute atomic E-state index is 11.4. The molecule has 0 unspecified atom stereocenters. The number of amides is 1.